The second kappa shape index (κ2) is 33.5. The zero-order valence-electron chi connectivity index (χ0n) is 30.0. The molecule has 0 bridgehead atoms. The summed E-state index contributed by atoms with van der Waals surface area (Å²) in [7, 11) is -4.62. The molecule has 0 heterocycles. The number of rotatable bonds is 36. The minimum Gasteiger partial charge on any atom is -0.457 e. The molecule has 0 radical (unpaired) electrons. The summed E-state index contributed by atoms with van der Waals surface area (Å²) in [5.74, 6) is -1.01. The number of ether oxygens (including phenoxy) is 2. The molecule has 0 saturated heterocycles. The first-order valence-corrected chi connectivity index (χ1v) is 20.5. The van der Waals surface area contributed by atoms with Crippen molar-refractivity contribution in [3.05, 3.63) is 0 Å². The average Bonchev–Trinajstić information content (AvgIpc) is 3.05. The van der Waals surface area contributed by atoms with E-state index < -0.39 is 58.4 Å². The summed E-state index contributed by atoms with van der Waals surface area (Å²) < 4.78 is 32.4. The monoisotopic (exact) mass is 694 g/mol. The number of hydrogen-bond donors (Lipinski definition) is 3. The Hall–Kier alpha value is -1.03. The van der Waals surface area contributed by atoms with Gasteiger partial charge in [0.25, 0.3) is 0 Å². The number of carbonyl (C=O) groups excluding carboxylic acids is 2. The van der Waals surface area contributed by atoms with Crippen molar-refractivity contribution in [2.24, 2.45) is 0 Å². The van der Waals surface area contributed by atoms with Crippen molar-refractivity contribution >= 4 is 19.8 Å². The Morgan fingerprint density at radius 3 is 1.00 bits per heavy atom. The van der Waals surface area contributed by atoms with Crippen molar-refractivity contribution < 1.29 is 47.8 Å². The fraction of sp³-hybridized carbons (Fsp3) is 0.944. The minimum atomic E-state index is -4.62. The maximum Gasteiger partial charge on any atom is 0.472 e. The Kier molecular flexibility index (Phi) is 32.7. The molecule has 3 atom stereocenters. The van der Waals surface area contributed by atoms with Gasteiger partial charge < -0.3 is 24.6 Å². The van der Waals surface area contributed by atoms with Gasteiger partial charge in [0.05, 0.1) is 26.4 Å². The lowest BCUT2D eigenvalue weighted by atomic mass is 10.0. The fourth-order valence-electron chi connectivity index (χ4n) is 5.35. The molecular weight excluding hydrogens is 623 g/mol. The smallest absolute Gasteiger partial charge is 0.457 e. The van der Waals surface area contributed by atoms with Crippen LogP contribution in [0.25, 0.3) is 0 Å². The van der Waals surface area contributed by atoms with E-state index in [4.69, 9.17) is 18.5 Å². The third kappa shape index (κ3) is 32.0. The Balaban J connectivity index is 3.96. The van der Waals surface area contributed by atoms with Crippen molar-refractivity contribution in [1.29, 1.82) is 0 Å². The molecule has 0 aliphatic rings. The molecule has 3 unspecified atom stereocenters. The molecule has 11 heteroatoms. The van der Waals surface area contributed by atoms with Gasteiger partial charge in [-0.15, -0.1) is 0 Å². The molecule has 0 aromatic heterocycles. The molecule has 0 rings (SSSR count). The van der Waals surface area contributed by atoms with E-state index in [0.717, 1.165) is 38.5 Å². The summed E-state index contributed by atoms with van der Waals surface area (Å²) in [4.78, 5) is 34.3. The van der Waals surface area contributed by atoms with E-state index in [1.165, 1.54) is 103 Å². The van der Waals surface area contributed by atoms with Crippen LogP contribution >= 0.6 is 7.82 Å². The molecule has 0 aromatic carbocycles. The summed E-state index contributed by atoms with van der Waals surface area (Å²) in [5.41, 5.74) is 0. The molecule has 10 nitrogen and oxygen atoms in total. The van der Waals surface area contributed by atoms with E-state index in [2.05, 4.69) is 13.8 Å². The zero-order chi connectivity index (χ0) is 34.9. The highest BCUT2D eigenvalue weighted by molar-refractivity contribution is 7.47. The summed E-state index contributed by atoms with van der Waals surface area (Å²) in [6.45, 7) is 2.19. The van der Waals surface area contributed by atoms with E-state index in [-0.39, 0.29) is 12.8 Å². The third-order valence-corrected chi connectivity index (χ3v) is 9.27. The number of carbonyl (C=O) groups is 2. The molecule has 0 amide bonds. The lowest BCUT2D eigenvalue weighted by Gasteiger charge is -2.20. The molecule has 0 saturated carbocycles. The second-order valence-electron chi connectivity index (χ2n) is 12.9. The average molecular weight is 695 g/mol. The topological polar surface area (TPSA) is 149 Å². The first kappa shape index (κ1) is 46.0. The highest BCUT2D eigenvalue weighted by Gasteiger charge is 2.27. The molecule has 47 heavy (non-hydrogen) atoms. The first-order valence-electron chi connectivity index (χ1n) is 19.0. The number of aliphatic hydroxyl groups is 2. The van der Waals surface area contributed by atoms with Gasteiger partial charge in [-0.2, -0.15) is 0 Å². The van der Waals surface area contributed by atoms with Crippen LogP contribution in [0.1, 0.15) is 181 Å². The Morgan fingerprint density at radius 1 is 0.489 bits per heavy atom. The third-order valence-electron chi connectivity index (χ3n) is 8.32. The van der Waals surface area contributed by atoms with Gasteiger partial charge in [-0.1, -0.05) is 155 Å². The van der Waals surface area contributed by atoms with Crippen molar-refractivity contribution in [3.63, 3.8) is 0 Å². The molecule has 3 N–H and O–H groups in total. The van der Waals surface area contributed by atoms with Gasteiger partial charge in [0, 0.05) is 12.8 Å². The summed E-state index contributed by atoms with van der Waals surface area (Å²) >= 11 is 0. The summed E-state index contributed by atoms with van der Waals surface area (Å²) in [6.07, 6.45) is 26.5. The Labute approximate surface area is 286 Å². The maximum absolute atomic E-state index is 12.3. The number of aliphatic hydroxyl groups excluding tert-OH is 2. The van der Waals surface area contributed by atoms with Crippen LogP contribution in [0.2, 0.25) is 0 Å². The SMILES string of the molecule is CCCCCCCCCCCCCCCCC(=O)OC(CO)COP(=O)(O)OCC(CO)OC(=O)CCCCCCCCCCCC. The molecule has 0 aliphatic carbocycles. The first-order chi connectivity index (χ1) is 22.8. The van der Waals surface area contributed by atoms with Crippen LogP contribution in [0.15, 0.2) is 0 Å². The van der Waals surface area contributed by atoms with Crippen LogP contribution in [0.3, 0.4) is 0 Å². The molecule has 0 spiro atoms. The van der Waals surface area contributed by atoms with Crippen LogP contribution in [0.4, 0.5) is 0 Å². The molecule has 0 aromatic rings. The Morgan fingerprint density at radius 2 is 0.745 bits per heavy atom. The summed E-state index contributed by atoms with van der Waals surface area (Å²) in [6, 6.07) is 0. The van der Waals surface area contributed by atoms with Crippen molar-refractivity contribution in [2.75, 3.05) is 26.4 Å². The highest BCUT2D eigenvalue weighted by atomic mass is 31.2. The van der Waals surface area contributed by atoms with Crippen LogP contribution < -0.4 is 0 Å². The molecular formula is C36H71O10P. The van der Waals surface area contributed by atoms with Gasteiger partial charge in [-0.3, -0.25) is 18.6 Å². The van der Waals surface area contributed by atoms with E-state index in [0.29, 0.717) is 12.8 Å². The Bertz CT molecular complexity index is 766. The maximum atomic E-state index is 12.3. The lowest BCUT2D eigenvalue weighted by Crippen LogP contribution is -2.28. The number of phosphoric ester groups is 1. The number of unbranched alkanes of at least 4 members (excludes halogenated alkanes) is 22. The highest BCUT2D eigenvalue weighted by Crippen LogP contribution is 2.43. The quantitative estimate of drug-likeness (QED) is 0.0329. The molecule has 0 fully saturated rings. The number of hydrogen-bond acceptors (Lipinski definition) is 9. The van der Waals surface area contributed by atoms with Gasteiger partial charge in [0.1, 0.15) is 12.2 Å². The van der Waals surface area contributed by atoms with E-state index in [1.807, 2.05) is 0 Å². The van der Waals surface area contributed by atoms with Gasteiger partial charge >= 0.3 is 19.8 Å². The minimum absolute atomic E-state index is 0.198. The van der Waals surface area contributed by atoms with Crippen molar-refractivity contribution in [2.45, 2.75) is 193 Å². The number of esters is 2. The fourth-order valence-corrected chi connectivity index (χ4v) is 6.13. The van der Waals surface area contributed by atoms with Crippen LogP contribution in [0.5, 0.6) is 0 Å². The van der Waals surface area contributed by atoms with E-state index in [1.54, 1.807) is 0 Å². The van der Waals surface area contributed by atoms with Gasteiger partial charge in [-0.25, -0.2) is 4.57 Å². The largest absolute Gasteiger partial charge is 0.472 e. The van der Waals surface area contributed by atoms with Crippen LogP contribution in [-0.2, 0) is 32.7 Å². The van der Waals surface area contributed by atoms with E-state index in [9.17, 15) is 29.3 Å². The standard InChI is InChI=1S/C36H71O10P/c1-3-5-7-9-11-13-15-16-17-18-20-22-24-26-28-36(40)46-34(30-38)32-44-47(41,42)43-31-33(29-37)45-35(39)27-25-23-21-19-14-12-10-8-6-4-2/h33-34,37-38H,3-32H2,1-2H3,(H,41,42). The van der Waals surface area contributed by atoms with Crippen molar-refractivity contribution in [3.8, 4) is 0 Å². The van der Waals surface area contributed by atoms with Gasteiger partial charge in [0.15, 0.2) is 0 Å². The predicted octanol–water partition coefficient (Wildman–Crippen LogP) is 9.11. The van der Waals surface area contributed by atoms with Crippen LogP contribution in [0, 0.1) is 0 Å². The zero-order valence-corrected chi connectivity index (χ0v) is 30.9. The normalized spacial score (nSPS) is 14.1. The molecule has 0 aliphatic heterocycles. The molecule has 280 valence electrons. The number of phosphoric acid groups is 1. The van der Waals surface area contributed by atoms with Crippen molar-refractivity contribution in [1.82, 2.24) is 0 Å². The second-order valence-corrected chi connectivity index (χ2v) is 14.4. The van der Waals surface area contributed by atoms with E-state index >= 15 is 0 Å². The predicted molar refractivity (Wildman–Crippen MR) is 187 cm³/mol. The lowest BCUT2D eigenvalue weighted by molar-refractivity contribution is -0.153. The summed E-state index contributed by atoms with van der Waals surface area (Å²) in [5, 5.41) is 19.0. The van der Waals surface area contributed by atoms with Gasteiger partial charge in [0.2, 0.25) is 0 Å². The van der Waals surface area contributed by atoms with Crippen LogP contribution in [-0.4, -0.2) is 65.7 Å². The van der Waals surface area contributed by atoms with Gasteiger partial charge in [-0.05, 0) is 12.8 Å².